The predicted octanol–water partition coefficient (Wildman–Crippen LogP) is 4.01. The number of nitriles is 1. The van der Waals surface area contributed by atoms with Crippen LogP contribution in [-0.2, 0) is 10.3 Å². The summed E-state index contributed by atoms with van der Waals surface area (Å²) in [5, 5.41) is 9.51. The molecule has 1 aliphatic rings. The highest BCUT2D eigenvalue weighted by Gasteiger charge is 2.45. The lowest BCUT2D eigenvalue weighted by molar-refractivity contribution is -0.0327. The van der Waals surface area contributed by atoms with Gasteiger partial charge in [0, 0.05) is 5.56 Å². The maximum atomic E-state index is 13.4. The topological polar surface area (TPSA) is 36.3 Å². The molecule has 0 N–H and O–H groups in total. The lowest BCUT2D eigenvalue weighted by atomic mass is 9.81. The van der Waals surface area contributed by atoms with E-state index in [2.05, 4.69) is 11.0 Å². The van der Waals surface area contributed by atoms with Crippen LogP contribution in [0.15, 0.2) is 48.5 Å². The molecule has 0 fully saturated rings. The van der Waals surface area contributed by atoms with Crippen LogP contribution in [0, 0.1) is 17.1 Å². The second kappa shape index (κ2) is 6.72. The lowest BCUT2D eigenvalue weighted by Crippen LogP contribution is -2.29. The van der Waals surface area contributed by atoms with Crippen LogP contribution in [0.25, 0.3) is 0 Å². The summed E-state index contributed by atoms with van der Waals surface area (Å²) in [5.41, 5.74) is 2.13. The molecule has 0 saturated heterocycles. The fourth-order valence-corrected chi connectivity index (χ4v) is 3.44. The first-order valence-electron chi connectivity index (χ1n) is 8.14. The van der Waals surface area contributed by atoms with Crippen LogP contribution in [0.5, 0.6) is 0 Å². The minimum Gasteiger partial charge on any atom is -0.343 e. The van der Waals surface area contributed by atoms with Gasteiger partial charge in [0.15, 0.2) is 6.10 Å². The highest BCUT2D eigenvalue weighted by molar-refractivity contribution is 5.47. The standard InChI is InChI=1S/C20H21FN2O/c1-23(2)13-5-12-20(15-8-10-16(21)11-9-15)18-7-4-3-6-17(18)19(14-22)24-20/h3-4,6-11,19H,5,12-13H2,1-2H3/t19?,20-/m0/s1. The summed E-state index contributed by atoms with van der Waals surface area (Å²) >= 11 is 0. The zero-order valence-electron chi connectivity index (χ0n) is 14.0. The van der Waals surface area contributed by atoms with Crippen LogP contribution in [0.4, 0.5) is 4.39 Å². The van der Waals surface area contributed by atoms with Crippen molar-refractivity contribution in [2.75, 3.05) is 20.6 Å². The van der Waals surface area contributed by atoms with E-state index >= 15 is 0 Å². The van der Waals surface area contributed by atoms with Crippen molar-refractivity contribution in [2.24, 2.45) is 0 Å². The molecule has 124 valence electrons. The molecule has 1 aliphatic heterocycles. The Hall–Kier alpha value is -2.22. The molecule has 3 rings (SSSR count). The Morgan fingerprint density at radius 3 is 2.54 bits per heavy atom. The van der Waals surface area contributed by atoms with Crippen molar-refractivity contribution in [3.8, 4) is 6.07 Å². The molecule has 24 heavy (non-hydrogen) atoms. The summed E-state index contributed by atoms with van der Waals surface area (Å²) in [5.74, 6) is -0.273. The molecule has 2 aromatic carbocycles. The molecule has 3 nitrogen and oxygen atoms in total. The first-order valence-corrected chi connectivity index (χ1v) is 8.14. The summed E-state index contributed by atoms with van der Waals surface area (Å²) in [6.07, 6.45) is 1.06. The quantitative estimate of drug-likeness (QED) is 0.834. The van der Waals surface area contributed by atoms with Crippen LogP contribution >= 0.6 is 0 Å². The summed E-state index contributed by atoms with van der Waals surface area (Å²) in [6.45, 7) is 0.922. The summed E-state index contributed by atoms with van der Waals surface area (Å²) < 4.78 is 19.7. The number of hydrogen-bond acceptors (Lipinski definition) is 3. The second-order valence-electron chi connectivity index (χ2n) is 6.45. The first kappa shape index (κ1) is 16.6. The predicted molar refractivity (Wildman–Crippen MR) is 90.8 cm³/mol. The Bertz CT molecular complexity index is 751. The molecule has 2 aromatic rings. The van der Waals surface area contributed by atoms with E-state index in [9.17, 15) is 9.65 Å². The van der Waals surface area contributed by atoms with Gasteiger partial charge in [0.25, 0.3) is 0 Å². The fourth-order valence-electron chi connectivity index (χ4n) is 3.44. The molecule has 0 bridgehead atoms. The molecular weight excluding hydrogens is 303 g/mol. The maximum Gasteiger partial charge on any atom is 0.171 e. The summed E-state index contributed by atoms with van der Waals surface area (Å²) in [7, 11) is 4.07. The Morgan fingerprint density at radius 2 is 1.88 bits per heavy atom. The van der Waals surface area contributed by atoms with Gasteiger partial charge in [-0.25, -0.2) is 4.39 Å². The molecule has 1 heterocycles. The monoisotopic (exact) mass is 324 g/mol. The third-order valence-corrected chi connectivity index (χ3v) is 4.56. The van der Waals surface area contributed by atoms with Crippen molar-refractivity contribution >= 4 is 0 Å². The zero-order chi connectivity index (χ0) is 17.2. The number of halogens is 1. The molecule has 1 unspecified atom stereocenters. The normalized spacial score (nSPS) is 22.4. The highest BCUT2D eigenvalue weighted by Crippen LogP contribution is 2.50. The van der Waals surface area contributed by atoms with Gasteiger partial charge in [-0.2, -0.15) is 5.26 Å². The zero-order valence-corrected chi connectivity index (χ0v) is 14.0. The van der Waals surface area contributed by atoms with Crippen LogP contribution in [-0.4, -0.2) is 25.5 Å². The third kappa shape index (κ3) is 2.93. The molecule has 2 atom stereocenters. The Morgan fingerprint density at radius 1 is 1.17 bits per heavy atom. The van der Waals surface area contributed by atoms with Gasteiger partial charge in [-0.3, -0.25) is 0 Å². The largest absolute Gasteiger partial charge is 0.343 e. The van der Waals surface area contributed by atoms with Gasteiger partial charge in [0.05, 0.1) is 6.07 Å². The van der Waals surface area contributed by atoms with Crippen LogP contribution in [0.1, 0.15) is 35.6 Å². The number of nitrogens with zero attached hydrogens (tertiary/aromatic N) is 2. The van der Waals surface area contributed by atoms with Gasteiger partial charge in [0.1, 0.15) is 11.4 Å². The van der Waals surface area contributed by atoms with E-state index in [-0.39, 0.29) is 5.82 Å². The van der Waals surface area contributed by atoms with Crippen molar-refractivity contribution in [1.29, 1.82) is 5.26 Å². The number of rotatable bonds is 5. The van der Waals surface area contributed by atoms with Crippen molar-refractivity contribution < 1.29 is 9.13 Å². The van der Waals surface area contributed by atoms with Gasteiger partial charge in [-0.05, 0) is 56.7 Å². The van der Waals surface area contributed by atoms with Gasteiger partial charge in [-0.1, -0.05) is 36.4 Å². The number of fused-ring (bicyclic) bond motifs is 1. The number of benzene rings is 2. The molecule has 0 aromatic heterocycles. The molecule has 0 radical (unpaired) electrons. The van der Waals surface area contributed by atoms with Gasteiger partial charge in [0.2, 0.25) is 0 Å². The average Bonchev–Trinajstić information content (AvgIpc) is 2.90. The van der Waals surface area contributed by atoms with E-state index in [0.717, 1.165) is 36.1 Å². The van der Waals surface area contributed by atoms with Crippen LogP contribution in [0.2, 0.25) is 0 Å². The lowest BCUT2D eigenvalue weighted by Gasteiger charge is -2.31. The molecule has 0 amide bonds. The Balaban J connectivity index is 2.06. The number of hydrogen-bond donors (Lipinski definition) is 0. The van der Waals surface area contributed by atoms with E-state index in [1.165, 1.54) is 12.1 Å². The minimum absolute atomic E-state index is 0.273. The highest BCUT2D eigenvalue weighted by atomic mass is 19.1. The molecule has 0 aliphatic carbocycles. The van der Waals surface area contributed by atoms with Crippen LogP contribution in [0.3, 0.4) is 0 Å². The van der Waals surface area contributed by atoms with Gasteiger partial charge in [-0.15, -0.1) is 0 Å². The van der Waals surface area contributed by atoms with Crippen molar-refractivity contribution in [1.82, 2.24) is 4.90 Å². The number of ether oxygens (including phenoxy) is 1. The Labute approximate surface area is 142 Å². The molecular formula is C20H21FN2O. The van der Waals surface area contributed by atoms with Gasteiger partial charge >= 0.3 is 0 Å². The fraction of sp³-hybridized carbons (Fsp3) is 0.350. The van der Waals surface area contributed by atoms with E-state index < -0.39 is 11.7 Å². The van der Waals surface area contributed by atoms with E-state index in [0.29, 0.717) is 0 Å². The van der Waals surface area contributed by atoms with Crippen molar-refractivity contribution in [2.45, 2.75) is 24.5 Å². The van der Waals surface area contributed by atoms with Crippen molar-refractivity contribution in [3.05, 3.63) is 71.0 Å². The molecule has 4 heteroatoms. The van der Waals surface area contributed by atoms with Crippen LogP contribution < -0.4 is 0 Å². The molecule has 0 saturated carbocycles. The van der Waals surface area contributed by atoms with E-state index in [1.807, 2.05) is 38.4 Å². The average molecular weight is 324 g/mol. The maximum absolute atomic E-state index is 13.4. The third-order valence-electron chi connectivity index (χ3n) is 4.56. The Kier molecular flexibility index (Phi) is 4.66. The SMILES string of the molecule is CN(C)CCC[C@@]1(c2ccc(F)cc2)OC(C#N)c2ccccc21. The smallest absolute Gasteiger partial charge is 0.171 e. The van der Waals surface area contributed by atoms with E-state index in [4.69, 9.17) is 4.74 Å². The minimum atomic E-state index is -0.694. The first-order chi connectivity index (χ1) is 11.6. The second-order valence-corrected chi connectivity index (χ2v) is 6.45. The van der Waals surface area contributed by atoms with Crippen molar-refractivity contribution in [3.63, 3.8) is 0 Å². The molecule has 0 spiro atoms. The summed E-state index contributed by atoms with van der Waals surface area (Å²) in [6, 6.07) is 16.5. The van der Waals surface area contributed by atoms with E-state index in [1.54, 1.807) is 12.1 Å². The van der Waals surface area contributed by atoms with Gasteiger partial charge < -0.3 is 9.64 Å². The summed E-state index contributed by atoms with van der Waals surface area (Å²) in [4.78, 5) is 2.13.